The molecule has 2 rings (SSSR count). The quantitative estimate of drug-likeness (QED) is 0.0646. The third-order valence-corrected chi connectivity index (χ3v) is 12.2. The van der Waals surface area contributed by atoms with Crippen LogP contribution < -0.4 is 5.73 Å². The number of nitrogens with zero attached hydrogens (tertiary/aromatic N) is 4. The van der Waals surface area contributed by atoms with Crippen LogP contribution in [0.15, 0.2) is 12.7 Å². The van der Waals surface area contributed by atoms with E-state index < -0.39 is 22.0 Å². The number of nitrogens with two attached hydrogens (primary N) is 1. The normalized spacial score (nSPS) is 14.5. The molecule has 2 aromatic rings. The molecular weight excluding hydrogens is 569 g/mol. The van der Waals surface area contributed by atoms with Crippen molar-refractivity contribution in [2.45, 2.75) is 129 Å². The van der Waals surface area contributed by atoms with Crippen LogP contribution in [0.1, 0.15) is 91.4 Å². The van der Waals surface area contributed by atoms with E-state index in [1.165, 1.54) is 76.2 Å². The summed E-state index contributed by atoms with van der Waals surface area (Å²) in [5.74, 6) is 1.16. The van der Waals surface area contributed by atoms with E-state index in [0.717, 1.165) is 18.8 Å². The van der Waals surface area contributed by atoms with Gasteiger partial charge in [0.05, 0.1) is 32.2 Å². The first kappa shape index (κ1) is 36.8. The third-order valence-electron chi connectivity index (χ3n) is 7.53. The summed E-state index contributed by atoms with van der Waals surface area (Å²) < 4.78 is 30.4. The van der Waals surface area contributed by atoms with Gasteiger partial charge >= 0.3 is 7.60 Å². The first-order valence-corrected chi connectivity index (χ1v) is 21.2. The fourth-order valence-electron chi connectivity index (χ4n) is 5.57. The van der Waals surface area contributed by atoms with E-state index >= 15 is 0 Å². The molecule has 0 aromatic carbocycles. The molecule has 0 saturated carbocycles. The van der Waals surface area contributed by atoms with Crippen molar-refractivity contribution in [1.82, 2.24) is 19.5 Å². The van der Waals surface area contributed by atoms with Crippen molar-refractivity contribution in [1.29, 1.82) is 0 Å². The second kappa shape index (κ2) is 19.8. The van der Waals surface area contributed by atoms with E-state index in [4.69, 9.17) is 19.7 Å². The average molecular weight is 628 g/mol. The van der Waals surface area contributed by atoms with Crippen molar-refractivity contribution >= 4 is 32.7 Å². The Kier molecular flexibility index (Phi) is 17.4. The number of aromatic nitrogens is 4. The molecule has 0 fully saturated rings. The lowest BCUT2D eigenvalue weighted by Crippen LogP contribution is -2.26. The molecule has 0 amide bonds. The minimum absolute atomic E-state index is 0.0610. The summed E-state index contributed by atoms with van der Waals surface area (Å²) in [4.78, 5) is 22.4. The minimum Gasteiger partial charge on any atom is -0.382 e. The number of hydrogen-bond acceptors (Lipinski definition) is 8. The molecule has 0 aliphatic carbocycles. The minimum atomic E-state index is -3.86. The van der Waals surface area contributed by atoms with Crippen LogP contribution in [0.4, 0.5) is 5.82 Å². The van der Waals surface area contributed by atoms with Gasteiger partial charge in [0.15, 0.2) is 11.5 Å². The smallest absolute Gasteiger partial charge is 0.353 e. The monoisotopic (exact) mass is 627 g/mol. The van der Waals surface area contributed by atoms with Crippen molar-refractivity contribution < 1.29 is 23.5 Å². The van der Waals surface area contributed by atoms with Gasteiger partial charge in [-0.2, -0.15) is 0 Å². The number of rotatable bonds is 25. The Balaban J connectivity index is 1.37. The van der Waals surface area contributed by atoms with Crippen LogP contribution in [0.2, 0.25) is 25.2 Å². The topological polar surface area (TPSA) is 135 Å². The van der Waals surface area contributed by atoms with Crippen LogP contribution in [-0.4, -0.2) is 64.8 Å². The number of unbranched alkanes of at least 4 members (excludes halogenated alkanes) is 10. The van der Waals surface area contributed by atoms with Gasteiger partial charge < -0.3 is 29.2 Å². The lowest BCUT2D eigenvalue weighted by molar-refractivity contribution is 0.0610. The van der Waals surface area contributed by atoms with Crippen molar-refractivity contribution in [3.05, 3.63) is 12.7 Å². The molecule has 2 aromatic heterocycles. The maximum absolute atomic E-state index is 12.3. The van der Waals surface area contributed by atoms with Crippen LogP contribution in [0, 0.1) is 5.92 Å². The lowest BCUT2D eigenvalue weighted by Gasteiger charge is -2.24. The highest BCUT2D eigenvalue weighted by Crippen LogP contribution is 2.41. The number of imidazole rings is 1. The second-order valence-corrected chi connectivity index (χ2v) is 19.9. The summed E-state index contributed by atoms with van der Waals surface area (Å²) in [6, 6.07) is 2.97. The molecule has 10 nitrogen and oxygen atoms in total. The molecule has 0 radical (unpaired) electrons. The molecule has 0 spiro atoms. The van der Waals surface area contributed by atoms with Gasteiger partial charge in [-0.1, -0.05) is 103 Å². The molecule has 12 heteroatoms. The van der Waals surface area contributed by atoms with Crippen LogP contribution >= 0.6 is 7.60 Å². The molecule has 1 unspecified atom stereocenters. The summed E-state index contributed by atoms with van der Waals surface area (Å²) in [5.41, 5.74) is 6.92. The molecular formula is C30H58N5O5PSi. The van der Waals surface area contributed by atoms with Crippen molar-refractivity contribution in [3.63, 3.8) is 0 Å². The summed E-state index contributed by atoms with van der Waals surface area (Å²) >= 11 is 0. The number of ether oxygens (including phenoxy) is 2. The zero-order valence-electron chi connectivity index (χ0n) is 26.9. The first-order chi connectivity index (χ1) is 20.0. The van der Waals surface area contributed by atoms with E-state index in [9.17, 15) is 9.46 Å². The van der Waals surface area contributed by atoms with Gasteiger partial charge in [0.25, 0.3) is 0 Å². The molecule has 3 N–H and O–H groups in total. The molecule has 2 heterocycles. The highest BCUT2D eigenvalue weighted by molar-refractivity contribution is 7.52. The maximum Gasteiger partial charge on any atom is 0.353 e. The van der Waals surface area contributed by atoms with Crippen molar-refractivity contribution in [3.8, 4) is 0 Å². The standard InChI is InChI=1S/C30H58N5O5PSi/c1-26(2)22-42(4,5)20-16-14-12-10-8-6-7-9-11-13-15-17-38-18-19-40-41(36,37)25-39-27(3)21-35-24-34-28-29(31)32-23-33-30(28)35/h23-24,26-27H,6-22,25H2,1-5H3,(H,36,37)(H2,31,32,33)/t27-/m1/s1. The van der Waals surface area contributed by atoms with E-state index in [1.807, 2.05) is 0 Å². The Bertz CT molecular complexity index is 1050. The number of hydrogen-bond donors (Lipinski definition) is 2. The van der Waals surface area contributed by atoms with E-state index in [-0.39, 0.29) is 12.7 Å². The van der Waals surface area contributed by atoms with Crippen LogP contribution in [-0.2, 0) is 25.1 Å². The summed E-state index contributed by atoms with van der Waals surface area (Å²) in [7, 11) is -4.82. The highest BCUT2D eigenvalue weighted by Gasteiger charge is 2.22. The SMILES string of the molecule is CC(C)C[Si](C)(C)CCCCCCCCCCCCCOCCOP(=O)(O)CO[C@H](C)Cn1cnc2c(N)ncnc21. The predicted octanol–water partition coefficient (Wildman–Crippen LogP) is 7.65. The van der Waals surface area contributed by atoms with Gasteiger partial charge in [-0.3, -0.25) is 4.57 Å². The summed E-state index contributed by atoms with van der Waals surface area (Å²) in [5, 5.41) is 0. The average Bonchev–Trinajstić information content (AvgIpc) is 3.32. The fraction of sp³-hybridized carbons (Fsp3) is 0.833. The van der Waals surface area contributed by atoms with E-state index in [0.29, 0.717) is 36.7 Å². The molecule has 242 valence electrons. The van der Waals surface area contributed by atoms with Crippen molar-refractivity contribution in [2.75, 3.05) is 31.9 Å². The van der Waals surface area contributed by atoms with Gasteiger partial charge in [0, 0.05) is 14.7 Å². The van der Waals surface area contributed by atoms with Gasteiger partial charge in [0.1, 0.15) is 18.2 Å². The highest BCUT2D eigenvalue weighted by atomic mass is 31.2. The van der Waals surface area contributed by atoms with Crippen molar-refractivity contribution in [2.24, 2.45) is 5.92 Å². The fourth-order valence-corrected chi connectivity index (χ4v) is 10.1. The number of fused-ring (bicyclic) bond motifs is 1. The molecule has 0 bridgehead atoms. The van der Waals surface area contributed by atoms with Gasteiger partial charge in [-0.15, -0.1) is 0 Å². The molecule has 2 atom stereocenters. The Morgan fingerprint density at radius 2 is 1.52 bits per heavy atom. The zero-order valence-corrected chi connectivity index (χ0v) is 28.8. The first-order valence-electron chi connectivity index (χ1n) is 16.1. The zero-order chi connectivity index (χ0) is 30.8. The predicted molar refractivity (Wildman–Crippen MR) is 174 cm³/mol. The second-order valence-electron chi connectivity index (χ2n) is 12.9. The Hall–Kier alpha value is -1.36. The van der Waals surface area contributed by atoms with Gasteiger partial charge in [-0.05, 0) is 19.3 Å². The van der Waals surface area contributed by atoms with Crippen LogP contribution in [0.5, 0.6) is 0 Å². The van der Waals surface area contributed by atoms with E-state index in [2.05, 4.69) is 41.9 Å². The Morgan fingerprint density at radius 3 is 2.17 bits per heavy atom. The molecule has 0 aliphatic heterocycles. The molecule has 0 aliphatic rings. The third kappa shape index (κ3) is 15.9. The van der Waals surface area contributed by atoms with E-state index in [1.54, 1.807) is 17.8 Å². The number of anilines is 1. The molecule has 0 saturated heterocycles. The lowest BCUT2D eigenvalue weighted by atomic mass is 10.1. The molecule has 42 heavy (non-hydrogen) atoms. The summed E-state index contributed by atoms with van der Waals surface area (Å²) in [6.45, 7) is 13.0. The van der Waals surface area contributed by atoms with Crippen LogP contribution in [0.3, 0.4) is 0 Å². The van der Waals surface area contributed by atoms with Gasteiger partial charge in [0.2, 0.25) is 0 Å². The Labute approximate surface area is 255 Å². The summed E-state index contributed by atoms with van der Waals surface area (Å²) in [6.07, 6.45) is 16.6. The maximum atomic E-state index is 12.3. The van der Waals surface area contributed by atoms with Gasteiger partial charge in [-0.25, -0.2) is 15.0 Å². The largest absolute Gasteiger partial charge is 0.382 e. The Morgan fingerprint density at radius 1 is 0.905 bits per heavy atom. The number of nitrogen functional groups attached to an aromatic ring is 1. The van der Waals surface area contributed by atoms with Crippen LogP contribution in [0.25, 0.3) is 11.2 Å².